The molecule has 4 heterocycles. The molecule has 1 atom stereocenters. The number of piperidine rings is 1. The molecular weight excluding hydrogens is 320 g/mol. The van der Waals surface area contributed by atoms with E-state index in [-0.39, 0.29) is 17.6 Å². The van der Waals surface area contributed by atoms with E-state index in [0.29, 0.717) is 31.2 Å². The van der Waals surface area contributed by atoms with E-state index in [9.17, 15) is 4.79 Å². The van der Waals surface area contributed by atoms with Crippen molar-refractivity contribution >= 4 is 11.9 Å². The standard InChI is InChI=1S/C17H20N6O2/c24-15(13-2-7-20-21-11-13)23-8-3-17(4-9-23)10-14(12-25-17)22-16-18-5-1-6-19-16/h1-2,5-7,11,14H,3-4,8-10,12H2,(H,18,19,22). The van der Waals surface area contributed by atoms with Gasteiger partial charge in [0.25, 0.3) is 5.91 Å². The number of carbonyl (C=O) groups excluding carboxylic acids is 1. The van der Waals surface area contributed by atoms with Crippen molar-refractivity contribution < 1.29 is 9.53 Å². The fourth-order valence-electron chi connectivity index (χ4n) is 3.56. The van der Waals surface area contributed by atoms with Crippen molar-refractivity contribution in [1.29, 1.82) is 0 Å². The van der Waals surface area contributed by atoms with Gasteiger partial charge in [-0.3, -0.25) is 4.79 Å². The topological polar surface area (TPSA) is 93.1 Å². The average Bonchev–Trinajstić information content (AvgIpc) is 3.05. The molecule has 0 aliphatic carbocycles. The first-order valence-electron chi connectivity index (χ1n) is 8.48. The summed E-state index contributed by atoms with van der Waals surface area (Å²) in [5.41, 5.74) is 0.429. The Morgan fingerprint density at radius 2 is 2.00 bits per heavy atom. The Labute approximate surface area is 145 Å². The molecule has 25 heavy (non-hydrogen) atoms. The van der Waals surface area contributed by atoms with E-state index >= 15 is 0 Å². The lowest BCUT2D eigenvalue weighted by molar-refractivity contribution is -0.0388. The van der Waals surface area contributed by atoms with Crippen molar-refractivity contribution in [2.75, 3.05) is 25.0 Å². The maximum atomic E-state index is 12.5. The van der Waals surface area contributed by atoms with Gasteiger partial charge in [-0.2, -0.15) is 10.2 Å². The first-order chi connectivity index (χ1) is 12.2. The molecule has 0 aromatic carbocycles. The zero-order chi connectivity index (χ0) is 17.1. The molecule has 2 aliphatic heterocycles. The van der Waals surface area contributed by atoms with Crippen molar-refractivity contribution in [1.82, 2.24) is 25.1 Å². The lowest BCUT2D eigenvalue weighted by Gasteiger charge is -2.38. The van der Waals surface area contributed by atoms with Crippen LogP contribution < -0.4 is 5.32 Å². The maximum Gasteiger partial charge on any atom is 0.255 e. The number of carbonyl (C=O) groups is 1. The monoisotopic (exact) mass is 340 g/mol. The van der Waals surface area contributed by atoms with Crippen LogP contribution in [0, 0.1) is 0 Å². The van der Waals surface area contributed by atoms with Crippen LogP contribution in [0.15, 0.2) is 36.9 Å². The van der Waals surface area contributed by atoms with Gasteiger partial charge in [-0.15, -0.1) is 0 Å². The fraction of sp³-hybridized carbons (Fsp3) is 0.471. The number of amides is 1. The van der Waals surface area contributed by atoms with Crippen molar-refractivity contribution in [3.05, 3.63) is 42.5 Å². The third-order valence-corrected chi connectivity index (χ3v) is 4.90. The number of ether oxygens (including phenoxy) is 1. The molecule has 0 radical (unpaired) electrons. The Kier molecular flexibility index (Phi) is 4.27. The van der Waals surface area contributed by atoms with E-state index in [4.69, 9.17) is 4.74 Å². The lowest BCUT2D eigenvalue weighted by atomic mass is 9.87. The number of likely N-dealkylation sites (tertiary alicyclic amines) is 1. The molecular formula is C17H20N6O2. The average molecular weight is 340 g/mol. The smallest absolute Gasteiger partial charge is 0.255 e. The number of rotatable bonds is 3. The highest BCUT2D eigenvalue weighted by Gasteiger charge is 2.43. The van der Waals surface area contributed by atoms with Crippen molar-refractivity contribution in [2.24, 2.45) is 0 Å². The summed E-state index contributed by atoms with van der Waals surface area (Å²) in [7, 11) is 0. The molecule has 2 saturated heterocycles. The molecule has 2 aromatic heterocycles. The minimum absolute atomic E-state index is 0.00936. The van der Waals surface area contributed by atoms with Gasteiger partial charge in [0.15, 0.2) is 0 Å². The van der Waals surface area contributed by atoms with Gasteiger partial charge >= 0.3 is 0 Å². The van der Waals surface area contributed by atoms with E-state index < -0.39 is 0 Å². The largest absolute Gasteiger partial charge is 0.373 e. The normalized spacial score (nSPS) is 22.1. The number of hydrogen-bond donors (Lipinski definition) is 1. The van der Waals surface area contributed by atoms with E-state index in [0.717, 1.165) is 19.3 Å². The Balaban J connectivity index is 1.33. The van der Waals surface area contributed by atoms with E-state index in [1.165, 1.54) is 6.20 Å². The minimum atomic E-state index is -0.153. The molecule has 130 valence electrons. The Hall–Kier alpha value is -2.61. The van der Waals surface area contributed by atoms with Gasteiger partial charge in [0, 0.05) is 25.5 Å². The number of aromatic nitrogens is 4. The summed E-state index contributed by atoms with van der Waals surface area (Å²) in [5, 5.41) is 10.8. The molecule has 8 heteroatoms. The maximum absolute atomic E-state index is 12.5. The first-order valence-corrected chi connectivity index (χ1v) is 8.48. The molecule has 4 rings (SSSR count). The summed E-state index contributed by atoms with van der Waals surface area (Å²) in [5.74, 6) is 0.640. The third kappa shape index (κ3) is 3.43. The fourth-order valence-corrected chi connectivity index (χ4v) is 3.56. The molecule has 8 nitrogen and oxygen atoms in total. The summed E-state index contributed by atoms with van der Waals surface area (Å²) in [6, 6.07) is 3.70. The highest BCUT2D eigenvalue weighted by atomic mass is 16.5. The van der Waals surface area contributed by atoms with Crippen LogP contribution in [0.5, 0.6) is 0 Å². The second kappa shape index (κ2) is 6.72. The number of anilines is 1. The van der Waals surface area contributed by atoms with Gasteiger partial charge in [-0.25, -0.2) is 9.97 Å². The van der Waals surface area contributed by atoms with Gasteiger partial charge in [-0.1, -0.05) is 0 Å². The van der Waals surface area contributed by atoms with E-state index in [1.807, 2.05) is 4.90 Å². The van der Waals surface area contributed by atoms with Crippen LogP contribution in [0.1, 0.15) is 29.6 Å². The predicted molar refractivity (Wildman–Crippen MR) is 89.9 cm³/mol. The molecule has 0 saturated carbocycles. The molecule has 2 aromatic rings. The van der Waals surface area contributed by atoms with Crippen LogP contribution in [0.25, 0.3) is 0 Å². The molecule has 1 unspecified atom stereocenters. The Morgan fingerprint density at radius 3 is 2.72 bits per heavy atom. The van der Waals surface area contributed by atoms with Crippen LogP contribution in [0.3, 0.4) is 0 Å². The number of nitrogens with one attached hydrogen (secondary N) is 1. The number of nitrogens with zero attached hydrogens (tertiary/aromatic N) is 5. The van der Waals surface area contributed by atoms with Crippen LogP contribution in [0.2, 0.25) is 0 Å². The van der Waals surface area contributed by atoms with Gasteiger partial charge < -0.3 is 15.0 Å². The minimum Gasteiger partial charge on any atom is -0.373 e. The second-order valence-corrected chi connectivity index (χ2v) is 6.54. The highest BCUT2D eigenvalue weighted by molar-refractivity contribution is 5.93. The SMILES string of the molecule is O=C(c1ccnnc1)N1CCC2(CC1)CC(Nc1ncccn1)CO2. The second-order valence-electron chi connectivity index (χ2n) is 6.54. The quantitative estimate of drug-likeness (QED) is 0.895. The van der Waals surface area contributed by atoms with Crippen LogP contribution >= 0.6 is 0 Å². The van der Waals surface area contributed by atoms with Crippen molar-refractivity contribution in [3.8, 4) is 0 Å². The lowest BCUT2D eigenvalue weighted by Crippen LogP contribution is -2.46. The third-order valence-electron chi connectivity index (χ3n) is 4.90. The van der Waals surface area contributed by atoms with Crippen LogP contribution in [0.4, 0.5) is 5.95 Å². The first kappa shape index (κ1) is 15.9. The van der Waals surface area contributed by atoms with Gasteiger partial charge in [0.05, 0.1) is 36.2 Å². The molecule has 2 aliphatic rings. The van der Waals surface area contributed by atoms with Crippen molar-refractivity contribution in [3.63, 3.8) is 0 Å². The molecule has 0 bridgehead atoms. The summed E-state index contributed by atoms with van der Waals surface area (Å²) >= 11 is 0. The summed E-state index contributed by atoms with van der Waals surface area (Å²) in [6.07, 6.45) is 9.08. The summed E-state index contributed by atoms with van der Waals surface area (Å²) in [4.78, 5) is 22.8. The molecule has 2 fully saturated rings. The highest BCUT2D eigenvalue weighted by Crippen LogP contribution is 2.36. The molecule has 1 N–H and O–H groups in total. The summed E-state index contributed by atoms with van der Waals surface area (Å²) in [6.45, 7) is 2.02. The Bertz CT molecular complexity index is 718. The number of hydrogen-bond acceptors (Lipinski definition) is 7. The van der Waals surface area contributed by atoms with Crippen LogP contribution in [-0.2, 0) is 4.74 Å². The van der Waals surface area contributed by atoms with E-state index in [1.54, 1.807) is 30.7 Å². The zero-order valence-corrected chi connectivity index (χ0v) is 13.8. The van der Waals surface area contributed by atoms with Crippen molar-refractivity contribution in [2.45, 2.75) is 30.9 Å². The van der Waals surface area contributed by atoms with Gasteiger partial charge in [-0.05, 0) is 31.4 Å². The summed E-state index contributed by atoms with van der Waals surface area (Å²) < 4.78 is 6.12. The Morgan fingerprint density at radius 1 is 1.20 bits per heavy atom. The predicted octanol–water partition coefficient (Wildman–Crippen LogP) is 1.14. The van der Waals surface area contributed by atoms with Gasteiger partial charge in [0.2, 0.25) is 5.95 Å². The zero-order valence-electron chi connectivity index (χ0n) is 13.8. The van der Waals surface area contributed by atoms with Gasteiger partial charge in [0.1, 0.15) is 0 Å². The van der Waals surface area contributed by atoms with Crippen LogP contribution in [-0.4, -0.2) is 62.3 Å². The molecule has 1 amide bonds. The molecule has 1 spiro atoms. The van der Waals surface area contributed by atoms with E-state index in [2.05, 4.69) is 25.5 Å².